The normalized spacial score (nSPS) is 18.0. The number of hydrogen-bond acceptors (Lipinski definition) is 3. The zero-order valence-corrected chi connectivity index (χ0v) is 16.1. The molecular formula is C21H31N3O. The highest BCUT2D eigenvalue weighted by molar-refractivity contribution is 5.84. The smallest absolute Gasteiger partial charge is 0.132 e. The van der Waals surface area contributed by atoms with E-state index in [0.29, 0.717) is 18.3 Å². The minimum atomic E-state index is -0.576. The van der Waals surface area contributed by atoms with Crippen molar-refractivity contribution in [1.29, 1.82) is 5.41 Å². The maximum atomic E-state index is 11.8. The van der Waals surface area contributed by atoms with Crippen LogP contribution in [0.25, 0.3) is 0 Å². The average molecular weight is 341 g/mol. The zero-order valence-electron chi connectivity index (χ0n) is 16.1. The fourth-order valence-electron chi connectivity index (χ4n) is 3.36. The lowest BCUT2D eigenvalue weighted by atomic mass is 9.85. The second-order valence-corrected chi connectivity index (χ2v) is 7.84. The summed E-state index contributed by atoms with van der Waals surface area (Å²) >= 11 is 0. The molecule has 0 saturated heterocycles. The Morgan fingerprint density at radius 3 is 2.68 bits per heavy atom. The minimum absolute atomic E-state index is 0.102. The molecule has 0 aliphatic heterocycles. The number of nitrogens with one attached hydrogen (secondary N) is 2. The molecule has 0 radical (unpaired) electrons. The molecule has 0 bridgehead atoms. The number of carbonyl (C=O) groups is 1. The quantitative estimate of drug-likeness (QED) is 0.544. The van der Waals surface area contributed by atoms with Crippen LogP contribution >= 0.6 is 0 Å². The number of ketones is 1. The summed E-state index contributed by atoms with van der Waals surface area (Å²) in [7, 11) is 0. The van der Waals surface area contributed by atoms with Crippen LogP contribution < -0.4 is 5.32 Å². The molecule has 2 rings (SSSR count). The molecule has 1 fully saturated rings. The SMILES string of the molecule is CC(=N)N[C@@](C)(CC(C)=O)c1ccc(C)c(/C=N\C(C)CC2CC2)c1. The van der Waals surface area contributed by atoms with Gasteiger partial charge in [0, 0.05) is 18.7 Å². The summed E-state index contributed by atoms with van der Waals surface area (Å²) in [6.45, 7) is 9.53. The van der Waals surface area contributed by atoms with E-state index in [0.717, 1.165) is 17.0 Å². The van der Waals surface area contributed by atoms with Gasteiger partial charge in [0.2, 0.25) is 0 Å². The van der Waals surface area contributed by atoms with Crippen LogP contribution in [0.4, 0.5) is 0 Å². The van der Waals surface area contributed by atoms with E-state index in [1.54, 1.807) is 13.8 Å². The first-order valence-corrected chi connectivity index (χ1v) is 9.16. The lowest BCUT2D eigenvalue weighted by molar-refractivity contribution is -0.118. The van der Waals surface area contributed by atoms with Gasteiger partial charge in [-0.05, 0) is 69.7 Å². The Balaban J connectivity index is 2.26. The topological polar surface area (TPSA) is 65.3 Å². The molecule has 136 valence electrons. The number of aliphatic imine (C=N–C) groups is 1. The molecule has 0 aromatic heterocycles. The van der Waals surface area contributed by atoms with Crippen molar-refractivity contribution in [1.82, 2.24) is 5.32 Å². The van der Waals surface area contributed by atoms with E-state index in [1.165, 1.54) is 24.8 Å². The van der Waals surface area contributed by atoms with Crippen molar-refractivity contribution < 1.29 is 4.79 Å². The summed E-state index contributed by atoms with van der Waals surface area (Å²) in [5.41, 5.74) is 2.69. The van der Waals surface area contributed by atoms with Crippen LogP contribution in [0.1, 0.15) is 70.1 Å². The van der Waals surface area contributed by atoms with Crippen molar-refractivity contribution in [3.63, 3.8) is 0 Å². The number of Topliss-reactive ketones (excluding diaryl/α,β-unsaturated/α-hetero) is 1. The first-order chi connectivity index (χ1) is 11.7. The van der Waals surface area contributed by atoms with E-state index in [1.807, 2.05) is 19.2 Å². The first-order valence-electron chi connectivity index (χ1n) is 9.16. The van der Waals surface area contributed by atoms with Crippen molar-refractivity contribution in [2.45, 2.75) is 71.9 Å². The summed E-state index contributed by atoms with van der Waals surface area (Å²) in [6.07, 6.45) is 6.20. The third-order valence-electron chi connectivity index (χ3n) is 4.82. The van der Waals surface area contributed by atoms with E-state index >= 15 is 0 Å². The predicted molar refractivity (Wildman–Crippen MR) is 105 cm³/mol. The molecule has 0 spiro atoms. The molecule has 1 unspecified atom stereocenters. The first kappa shape index (κ1) is 19.4. The van der Waals surface area contributed by atoms with Crippen LogP contribution in [0.15, 0.2) is 23.2 Å². The van der Waals surface area contributed by atoms with Crippen LogP contribution in [0.5, 0.6) is 0 Å². The number of aryl methyl sites for hydroxylation is 1. The van der Waals surface area contributed by atoms with Gasteiger partial charge >= 0.3 is 0 Å². The maximum Gasteiger partial charge on any atom is 0.132 e. The van der Waals surface area contributed by atoms with Gasteiger partial charge in [-0.1, -0.05) is 25.0 Å². The van der Waals surface area contributed by atoms with Crippen LogP contribution in [0.2, 0.25) is 0 Å². The highest BCUT2D eigenvalue weighted by Gasteiger charge is 2.29. The fraction of sp³-hybridized carbons (Fsp3) is 0.571. The summed E-state index contributed by atoms with van der Waals surface area (Å²) < 4.78 is 0. The van der Waals surface area contributed by atoms with Crippen molar-refractivity contribution in [2.24, 2.45) is 10.9 Å². The molecule has 0 heterocycles. The van der Waals surface area contributed by atoms with Gasteiger partial charge in [-0.2, -0.15) is 0 Å². The van der Waals surface area contributed by atoms with E-state index in [-0.39, 0.29) is 5.78 Å². The van der Waals surface area contributed by atoms with Gasteiger partial charge < -0.3 is 5.32 Å². The van der Waals surface area contributed by atoms with Crippen molar-refractivity contribution in [2.75, 3.05) is 0 Å². The van der Waals surface area contributed by atoms with Gasteiger partial charge in [0.1, 0.15) is 5.78 Å². The Bertz CT molecular complexity index is 658. The van der Waals surface area contributed by atoms with Crippen LogP contribution in [-0.4, -0.2) is 23.9 Å². The molecule has 0 amide bonds. The number of carbonyl (C=O) groups excluding carboxylic acids is 1. The van der Waals surface area contributed by atoms with Crippen LogP contribution in [0.3, 0.4) is 0 Å². The Morgan fingerprint density at radius 1 is 1.44 bits per heavy atom. The van der Waals surface area contributed by atoms with Gasteiger partial charge in [-0.15, -0.1) is 0 Å². The van der Waals surface area contributed by atoms with E-state index in [2.05, 4.69) is 31.3 Å². The maximum absolute atomic E-state index is 11.8. The van der Waals surface area contributed by atoms with Crippen LogP contribution in [0, 0.1) is 18.3 Å². The fourth-order valence-corrected chi connectivity index (χ4v) is 3.36. The molecule has 4 heteroatoms. The Morgan fingerprint density at radius 2 is 2.12 bits per heavy atom. The highest BCUT2D eigenvalue weighted by atomic mass is 16.1. The molecule has 2 N–H and O–H groups in total. The number of hydrogen-bond donors (Lipinski definition) is 2. The van der Waals surface area contributed by atoms with Gasteiger partial charge in [-0.25, -0.2) is 0 Å². The second kappa shape index (κ2) is 7.94. The van der Waals surface area contributed by atoms with E-state index in [9.17, 15) is 4.79 Å². The standard InChI is InChI=1S/C21H31N3O/c1-14-6-9-20(21(5,12-16(3)25)24-17(4)22)11-19(14)13-23-15(2)10-18-7-8-18/h6,9,11,13,15,18H,7-8,10,12H2,1-5H3,(H2,22,24)/b23-13-/t15?,21-/m0/s1. The molecule has 1 saturated carbocycles. The lowest BCUT2D eigenvalue weighted by Gasteiger charge is -2.31. The third-order valence-corrected chi connectivity index (χ3v) is 4.82. The molecule has 1 aromatic rings. The monoisotopic (exact) mass is 341 g/mol. The largest absolute Gasteiger partial charge is 0.365 e. The molecule has 1 aliphatic carbocycles. The molecule has 2 atom stereocenters. The van der Waals surface area contributed by atoms with Gasteiger partial charge in [-0.3, -0.25) is 15.2 Å². The summed E-state index contributed by atoms with van der Waals surface area (Å²) in [5.74, 6) is 1.33. The van der Waals surface area contributed by atoms with E-state index in [4.69, 9.17) is 10.4 Å². The molecule has 1 aromatic carbocycles. The number of nitrogens with zero attached hydrogens (tertiary/aromatic N) is 1. The lowest BCUT2D eigenvalue weighted by Crippen LogP contribution is -2.43. The molecular weight excluding hydrogens is 310 g/mol. The summed E-state index contributed by atoms with van der Waals surface area (Å²) in [6, 6.07) is 6.56. The van der Waals surface area contributed by atoms with Gasteiger partial charge in [0.25, 0.3) is 0 Å². The number of amidine groups is 1. The summed E-state index contributed by atoms with van der Waals surface area (Å²) in [5, 5.41) is 11.0. The molecule has 1 aliphatic rings. The highest BCUT2D eigenvalue weighted by Crippen LogP contribution is 2.34. The molecule has 4 nitrogen and oxygen atoms in total. The third kappa shape index (κ3) is 5.80. The Kier molecular flexibility index (Phi) is 6.15. The zero-order chi connectivity index (χ0) is 18.6. The van der Waals surface area contributed by atoms with Crippen molar-refractivity contribution >= 4 is 17.8 Å². The van der Waals surface area contributed by atoms with Crippen molar-refractivity contribution in [3.05, 3.63) is 34.9 Å². The Hall–Kier alpha value is -1.97. The molecule has 25 heavy (non-hydrogen) atoms. The summed E-state index contributed by atoms with van der Waals surface area (Å²) in [4.78, 5) is 16.5. The predicted octanol–water partition coefficient (Wildman–Crippen LogP) is 4.38. The van der Waals surface area contributed by atoms with Crippen LogP contribution in [-0.2, 0) is 10.3 Å². The second-order valence-electron chi connectivity index (χ2n) is 7.84. The van der Waals surface area contributed by atoms with Gasteiger partial charge in [0.05, 0.1) is 11.4 Å². The van der Waals surface area contributed by atoms with Gasteiger partial charge in [0.15, 0.2) is 0 Å². The number of rotatable bonds is 8. The Labute approximate surface area is 151 Å². The van der Waals surface area contributed by atoms with E-state index < -0.39 is 5.54 Å². The minimum Gasteiger partial charge on any atom is -0.365 e. The number of benzene rings is 1. The van der Waals surface area contributed by atoms with Crippen molar-refractivity contribution in [3.8, 4) is 0 Å². The average Bonchev–Trinajstić information content (AvgIpc) is 3.28.